The molecular weight excluding hydrogens is 196 g/mol. The maximum absolute atomic E-state index is 10.7. The van der Waals surface area contributed by atoms with Crippen LogP contribution in [-0.2, 0) is 9.53 Å². The van der Waals surface area contributed by atoms with Crippen LogP contribution in [0.2, 0.25) is 0 Å². The molecule has 0 aliphatic heterocycles. The predicted molar refractivity (Wildman–Crippen MR) is 54.8 cm³/mol. The zero-order valence-electron chi connectivity index (χ0n) is 8.98. The number of carbonyl (C=O) groups excluding carboxylic acids is 1. The molecule has 0 saturated carbocycles. The Kier molecular flexibility index (Phi) is 3.55. The molecule has 0 radical (unpaired) electrons. The number of benzene rings is 1. The molecule has 1 aromatic rings. The maximum atomic E-state index is 10.7. The van der Waals surface area contributed by atoms with E-state index in [4.69, 9.17) is 9.47 Å². The minimum absolute atomic E-state index is 0.0660. The first-order valence-electron chi connectivity index (χ1n) is 4.58. The van der Waals surface area contributed by atoms with Crippen molar-refractivity contribution in [2.75, 3.05) is 7.11 Å². The van der Waals surface area contributed by atoms with Gasteiger partial charge in [-0.05, 0) is 24.6 Å². The highest BCUT2D eigenvalue weighted by atomic mass is 16.5. The average molecular weight is 210 g/mol. The van der Waals surface area contributed by atoms with Crippen LogP contribution in [0.3, 0.4) is 0 Å². The van der Waals surface area contributed by atoms with Crippen LogP contribution in [0.4, 0.5) is 0 Å². The van der Waals surface area contributed by atoms with Gasteiger partial charge >= 0.3 is 5.97 Å². The number of esters is 1. The van der Waals surface area contributed by atoms with Crippen molar-refractivity contribution in [2.24, 2.45) is 0 Å². The molecule has 0 aromatic heterocycles. The van der Waals surface area contributed by atoms with Crippen LogP contribution in [0.15, 0.2) is 18.2 Å². The second kappa shape index (κ2) is 4.68. The van der Waals surface area contributed by atoms with Crippen LogP contribution in [-0.4, -0.2) is 18.2 Å². The molecule has 0 saturated heterocycles. The smallest absolute Gasteiger partial charge is 0.303 e. The molecule has 0 heterocycles. The van der Waals surface area contributed by atoms with Crippen molar-refractivity contribution < 1.29 is 19.4 Å². The second-order valence-electron chi connectivity index (χ2n) is 3.18. The van der Waals surface area contributed by atoms with Crippen molar-refractivity contribution in [3.05, 3.63) is 23.8 Å². The predicted octanol–water partition coefficient (Wildman–Crippen LogP) is 2.02. The summed E-state index contributed by atoms with van der Waals surface area (Å²) in [6, 6.07) is 4.84. The van der Waals surface area contributed by atoms with Gasteiger partial charge < -0.3 is 14.6 Å². The monoisotopic (exact) mass is 210 g/mol. The number of ether oxygens (including phenoxy) is 2. The summed E-state index contributed by atoms with van der Waals surface area (Å²) in [7, 11) is 1.47. The van der Waals surface area contributed by atoms with Gasteiger partial charge in [0, 0.05) is 6.92 Å². The number of phenols is 1. The molecule has 0 spiro atoms. The molecule has 4 nitrogen and oxygen atoms in total. The number of hydrogen-bond acceptors (Lipinski definition) is 4. The van der Waals surface area contributed by atoms with E-state index in [9.17, 15) is 9.90 Å². The lowest BCUT2D eigenvalue weighted by Gasteiger charge is -2.13. The number of methoxy groups -OCH3 is 1. The summed E-state index contributed by atoms with van der Waals surface area (Å²) < 4.78 is 9.95. The van der Waals surface area contributed by atoms with E-state index in [1.165, 1.54) is 20.1 Å². The summed E-state index contributed by atoms with van der Waals surface area (Å²) in [4.78, 5) is 10.7. The van der Waals surface area contributed by atoms with Crippen molar-refractivity contribution in [3.8, 4) is 11.5 Å². The maximum Gasteiger partial charge on any atom is 0.303 e. The highest BCUT2D eigenvalue weighted by Crippen LogP contribution is 2.29. The Hall–Kier alpha value is -1.71. The topological polar surface area (TPSA) is 55.8 Å². The number of rotatable bonds is 3. The van der Waals surface area contributed by atoms with Gasteiger partial charge in [0.25, 0.3) is 0 Å². The molecule has 1 atom stereocenters. The molecule has 0 aliphatic rings. The van der Waals surface area contributed by atoms with Gasteiger partial charge in [0.05, 0.1) is 7.11 Å². The van der Waals surface area contributed by atoms with E-state index in [0.717, 1.165) is 5.56 Å². The fourth-order valence-corrected chi connectivity index (χ4v) is 1.26. The summed E-state index contributed by atoms with van der Waals surface area (Å²) in [5.41, 5.74) is 0.778. The zero-order valence-corrected chi connectivity index (χ0v) is 8.98. The molecule has 0 bridgehead atoms. The summed E-state index contributed by atoms with van der Waals surface area (Å²) in [6.07, 6.45) is -0.350. The zero-order chi connectivity index (χ0) is 11.4. The third-order valence-electron chi connectivity index (χ3n) is 2.02. The summed E-state index contributed by atoms with van der Waals surface area (Å²) in [5.74, 6) is 0.0947. The van der Waals surface area contributed by atoms with Crippen molar-refractivity contribution in [2.45, 2.75) is 20.0 Å². The van der Waals surface area contributed by atoms with Crippen molar-refractivity contribution >= 4 is 5.97 Å². The van der Waals surface area contributed by atoms with Gasteiger partial charge in [0.2, 0.25) is 0 Å². The van der Waals surface area contributed by atoms with Crippen molar-refractivity contribution in [1.29, 1.82) is 0 Å². The Bertz CT molecular complexity index is 360. The third kappa shape index (κ3) is 2.87. The van der Waals surface area contributed by atoms with Gasteiger partial charge in [-0.15, -0.1) is 0 Å². The Morgan fingerprint density at radius 2 is 2.13 bits per heavy atom. The van der Waals surface area contributed by atoms with Crippen LogP contribution in [0.5, 0.6) is 11.5 Å². The Labute approximate surface area is 88.4 Å². The first kappa shape index (κ1) is 11.4. The fourth-order valence-electron chi connectivity index (χ4n) is 1.26. The number of hydrogen-bond donors (Lipinski definition) is 1. The molecule has 82 valence electrons. The lowest BCUT2D eigenvalue weighted by molar-refractivity contribution is -0.145. The standard InChI is InChI=1S/C11H14O4/c1-7(15-8(2)12)9-4-5-10(13)11(6-9)14-3/h4-7,13H,1-3H3. The van der Waals surface area contributed by atoms with E-state index in [1.54, 1.807) is 19.1 Å². The molecule has 0 amide bonds. The Morgan fingerprint density at radius 1 is 1.47 bits per heavy atom. The molecular formula is C11H14O4. The Balaban J connectivity index is 2.90. The Morgan fingerprint density at radius 3 is 2.67 bits per heavy atom. The van der Waals surface area contributed by atoms with Crippen molar-refractivity contribution in [3.63, 3.8) is 0 Å². The van der Waals surface area contributed by atoms with Crippen LogP contribution in [0, 0.1) is 0 Å². The van der Waals surface area contributed by atoms with Crippen molar-refractivity contribution in [1.82, 2.24) is 0 Å². The van der Waals surface area contributed by atoms with Crippen LogP contribution in [0.1, 0.15) is 25.5 Å². The van der Waals surface area contributed by atoms with Gasteiger partial charge in [-0.2, -0.15) is 0 Å². The van der Waals surface area contributed by atoms with Gasteiger partial charge in [0.15, 0.2) is 11.5 Å². The third-order valence-corrected chi connectivity index (χ3v) is 2.02. The lowest BCUT2D eigenvalue weighted by Crippen LogP contribution is -2.04. The number of carbonyl (C=O) groups is 1. The highest BCUT2D eigenvalue weighted by Gasteiger charge is 2.11. The van der Waals surface area contributed by atoms with Crippen LogP contribution >= 0.6 is 0 Å². The van der Waals surface area contributed by atoms with E-state index in [2.05, 4.69) is 0 Å². The second-order valence-corrected chi connectivity index (χ2v) is 3.18. The SMILES string of the molecule is COc1cc(C(C)OC(C)=O)ccc1O. The molecule has 1 aromatic carbocycles. The first-order chi connectivity index (χ1) is 7.04. The minimum atomic E-state index is -0.350. The fraction of sp³-hybridized carbons (Fsp3) is 0.364. The summed E-state index contributed by atoms with van der Waals surface area (Å²) in [5, 5.41) is 9.37. The average Bonchev–Trinajstić information content (AvgIpc) is 2.17. The molecule has 0 fully saturated rings. The first-order valence-corrected chi connectivity index (χ1v) is 4.58. The number of aromatic hydroxyl groups is 1. The van der Waals surface area contributed by atoms with Crippen LogP contribution < -0.4 is 4.74 Å². The molecule has 0 aliphatic carbocycles. The van der Waals surface area contributed by atoms with Gasteiger partial charge in [-0.1, -0.05) is 6.07 Å². The molecule has 1 rings (SSSR count). The van der Waals surface area contributed by atoms with Gasteiger partial charge in [-0.3, -0.25) is 4.79 Å². The van der Waals surface area contributed by atoms with Gasteiger partial charge in [0.1, 0.15) is 6.10 Å². The lowest BCUT2D eigenvalue weighted by atomic mass is 10.1. The minimum Gasteiger partial charge on any atom is -0.504 e. The van der Waals surface area contributed by atoms with E-state index < -0.39 is 0 Å². The van der Waals surface area contributed by atoms with E-state index in [1.807, 2.05) is 0 Å². The highest BCUT2D eigenvalue weighted by molar-refractivity contribution is 5.66. The molecule has 1 unspecified atom stereocenters. The van der Waals surface area contributed by atoms with Crippen LogP contribution in [0.25, 0.3) is 0 Å². The molecule has 15 heavy (non-hydrogen) atoms. The molecule has 4 heteroatoms. The molecule has 1 N–H and O–H groups in total. The quantitative estimate of drug-likeness (QED) is 0.775. The number of phenolic OH excluding ortho intramolecular Hbond substituents is 1. The van der Waals surface area contributed by atoms with E-state index in [-0.39, 0.29) is 17.8 Å². The van der Waals surface area contributed by atoms with E-state index >= 15 is 0 Å². The summed E-state index contributed by atoms with van der Waals surface area (Å²) >= 11 is 0. The summed E-state index contributed by atoms with van der Waals surface area (Å²) in [6.45, 7) is 3.11. The normalized spacial score (nSPS) is 11.9. The van der Waals surface area contributed by atoms with Gasteiger partial charge in [-0.25, -0.2) is 0 Å². The van der Waals surface area contributed by atoms with E-state index in [0.29, 0.717) is 5.75 Å². The largest absolute Gasteiger partial charge is 0.504 e.